The molecule has 0 radical (unpaired) electrons. The number of amides is 2. The van der Waals surface area contributed by atoms with Crippen molar-refractivity contribution in [3.05, 3.63) is 65.2 Å². The fraction of sp³-hybridized carbons (Fsp3) is 0.556. The molecule has 1 saturated carbocycles. The number of hydrogen-bond donors (Lipinski definition) is 3. The predicted octanol–water partition coefficient (Wildman–Crippen LogP) is 3.13. The second-order valence-electron chi connectivity index (χ2n) is 10.9. The summed E-state index contributed by atoms with van der Waals surface area (Å²) in [4.78, 5) is 22.1. The molecule has 8 heteroatoms. The lowest BCUT2D eigenvalue weighted by Gasteiger charge is -2.49. The highest BCUT2D eigenvalue weighted by Gasteiger charge is 2.48. The number of aryl methyl sites for hydroxylation is 1. The number of likely N-dealkylation sites (tertiary alicyclic amines) is 1. The molecule has 7 nitrogen and oxygen atoms in total. The summed E-state index contributed by atoms with van der Waals surface area (Å²) in [6.45, 7) is 5.56. The highest BCUT2D eigenvalue weighted by Crippen LogP contribution is 2.42. The van der Waals surface area contributed by atoms with Gasteiger partial charge in [0.15, 0.2) is 0 Å². The molecule has 4 fully saturated rings. The van der Waals surface area contributed by atoms with Crippen molar-refractivity contribution in [2.24, 2.45) is 11.8 Å². The van der Waals surface area contributed by atoms with Crippen LogP contribution in [0.1, 0.15) is 48.5 Å². The van der Waals surface area contributed by atoms with E-state index in [1.165, 1.54) is 17.7 Å². The summed E-state index contributed by atoms with van der Waals surface area (Å²) in [5, 5.41) is 3.36. The van der Waals surface area contributed by atoms with E-state index < -0.39 is 0 Å². The van der Waals surface area contributed by atoms with Gasteiger partial charge in [-0.2, -0.15) is 0 Å². The molecule has 0 bridgehead atoms. The van der Waals surface area contributed by atoms with Crippen molar-refractivity contribution in [2.45, 2.75) is 63.3 Å². The van der Waals surface area contributed by atoms with Gasteiger partial charge in [0.1, 0.15) is 5.82 Å². The summed E-state index contributed by atoms with van der Waals surface area (Å²) in [6.07, 6.45) is 6.06. The summed E-state index contributed by atoms with van der Waals surface area (Å²) >= 11 is 0. The minimum atomic E-state index is -0.200. The molecular formula is C27H35FN6O. The Hall–Kier alpha value is -2.55. The van der Waals surface area contributed by atoms with Crippen LogP contribution in [0.25, 0.3) is 0 Å². The second kappa shape index (κ2) is 9.48. The molecule has 6 rings (SSSR count). The Kier molecular flexibility index (Phi) is 6.20. The zero-order chi connectivity index (χ0) is 23.9. The minimum absolute atomic E-state index is 0.0885. The number of benzene rings is 1. The summed E-state index contributed by atoms with van der Waals surface area (Å²) in [7, 11) is 0. The maximum absolute atomic E-state index is 13.3. The summed E-state index contributed by atoms with van der Waals surface area (Å²) in [5.41, 5.74) is 10.5. The van der Waals surface area contributed by atoms with Gasteiger partial charge in [0.2, 0.25) is 0 Å². The number of hydrogen-bond acceptors (Lipinski definition) is 5. The Morgan fingerprint density at radius 3 is 2.77 bits per heavy atom. The highest BCUT2D eigenvalue weighted by atomic mass is 19.1. The van der Waals surface area contributed by atoms with Crippen molar-refractivity contribution in [1.82, 2.24) is 31.0 Å². The van der Waals surface area contributed by atoms with Crippen LogP contribution in [-0.2, 0) is 6.54 Å². The maximum Gasteiger partial charge on any atom is 0.317 e. The molecule has 3 saturated heterocycles. The van der Waals surface area contributed by atoms with E-state index in [0.29, 0.717) is 17.9 Å². The lowest BCUT2D eigenvalue weighted by molar-refractivity contribution is 0.0523. The third-order valence-corrected chi connectivity index (χ3v) is 8.54. The molecule has 6 atom stereocenters. The number of carbonyl (C=O) groups is 1. The summed E-state index contributed by atoms with van der Waals surface area (Å²) in [6, 6.07) is 12.3. The number of piperidine rings is 1. The molecule has 0 spiro atoms. The van der Waals surface area contributed by atoms with E-state index in [1.54, 1.807) is 0 Å². The number of aromatic nitrogens is 1. The number of carbonyl (C=O) groups excluding carboxylic acids is 1. The number of urea groups is 1. The fourth-order valence-electron chi connectivity index (χ4n) is 6.80. The molecule has 1 aromatic heterocycles. The van der Waals surface area contributed by atoms with Crippen LogP contribution in [0.2, 0.25) is 0 Å². The van der Waals surface area contributed by atoms with Gasteiger partial charge in [0, 0.05) is 49.7 Å². The number of nitrogens with zero attached hydrogens (tertiary/aromatic N) is 3. The molecule has 1 aliphatic carbocycles. The average Bonchev–Trinajstić information content (AvgIpc) is 3.26. The van der Waals surface area contributed by atoms with Crippen molar-refractivity contribution in [2.75, 3.05) is 19.6 Å². The fourth-order valence-corrected chi connectivity index (χ4v) is 6.80. The number of halogens is 1. The van der Waals surface area contributed by atoms with E-state index >= 15 is 0 Å². The van der Waals surface area contributed by atoms with Crippen molar-refractivity contribution < 1.29 is 9.18 Å². The normalized spacial score (nSPS) is 33.2. The first-order valence-electron chi connectivity index (χ1n) is 13.0. The van der Waals surface area contributed by atoms with E-state index in [0.717, 1.165) is 63.1 Å². The maximum atomic E-state index is 13.3. The number of hydrazine groups is 1. The van der Waals surface area contributed by atoms with Crippen LogP contribution >= 0.6 is 0 Å². The van der Waals surface area contributed by atoms with Gasteiger partial charge in [-0.3, -0.25) is 15.3 Å². The number of pyridine rings is 1. The van der Waals surface area contributed by atoms with E-state index in [-0.39, 0.29) is 30.0 Å². The van der Waals surface area contributed by atoms with Crippen molar-refractivity contribution in [1.29, 1.82) is 0 Å². The van der Waals surface area contributed by atoms with Crippen LogP contribution in [0.15, 0.2) is 42.6 Å². The Labute approximate surface area is 206 Å². The Morgan fingerprint density at radius 1 is 1.09 bits per heavy atom. The molecule has 35 heavy (non-hydrogen) atoms. The van der Waals surface area contributed by atoms with Gasteiger partial charge < -0.3 is 10.2 Å². The standard InChI is InChI=1S/C27H35FN6O/c1-17-11-19(8-9-29-17)26-23-12-20-15-34(27(35)30-24(20)13-25(23)31-32-26)22-3-2-10-33(16-22)14-18-4-6-21(28)7-5-18/h4-9,11,20,22-26,31-32H,2-3,10,12-16H2,1H3,(H,30,35)/t20?,22-,23?,24?,25?,26?/m1/s1. The predicted molar refractivity (Wildman–Crippen MR) is 132 cm³/mol. The van der Waals surface area contributed by atoms with E-state index in [2.05, 4.69) is 43.1 Å². The molecule has 5 unspecified atom stereocenters. The van der Waals surface area contributed by atoms with E-state index in [4.69, 9.17) is 0 Å². The lowest BCUT2D eigenvalue weighted by atomic mass is 9.71. The van der Waals surface area contributed by atoms with Crippen molar-refractivity contribution >= 4 is 6.03 Å². The Balaban J connectivity index is 1.12. The Bertz CT molecular complexity index is 1060. The first-order valence-corrected chi connectivity index (χ1v) is 13.0. The molecule has 4 aliphatic rings. The number of rotatable bonds is 4. The van der Waals surface area contributed by atoms with Crippen LogP contribution in [0.3, 0.4) is 0 Å². The van der Waals surface area contributed by atoms with Crippen molar-refractivity contribution in [3.63, 3.8) is 0 Å². The molecule has 3 aliphatic heterocycles. The monoisotopic (exact) mass is 478 g/mol. The van der Waals surface area contributed by atoms with Crippen LogP contribution < -0.4 is 16.2 Å². The second-order valence-corrected chi connectivity index (χ2v) is 10.9. The topological polar surface area (TPSA) is 72.5 Å². The van der Waals surface area contributed by atoms with E-state index in [1.807, 2.05) is 25.3 Å². The molecule has 3 N–H and O–H groups in total. The molecule has 186 valence electrons. The summed E-state index contributed by atoms with van der Waals surface area (Å²) in [5.74, 6) is 0.748. The largest absolute Gasteiger partial charge is 0.335 e. The van der Waals surface area contributed by atoms with Gasteiger partial charge in [-0.25, -0.2) is 14.6 Å². The highest BCUT2D eigenvalue weighted by molar-refractivity contribution is 5.76. The van der Waals surface area contributed by atoms with Gasteiger partial charge >= 0.3 is 6.03 Å². The van der Waals surface area contributed by atoms with Gasteiger partial charge in [0.05, 0.1) is 6.04 Å². The zero-order valence-electron chi connectivity index (χ0n) is 20.3. The van der Waals surface area contributed by atoms with E-state index in [9.17, 15) is 9.18 Å². The van der Waals surface area contributed by atoms with Crippen LogP contribution in [0.5, 0.6) is 0 Å². The lowest BCUT2D eigenvalue weighted by Crippen LogP contribution is -2.64. The van der Waals surface area contributed by atoms with Crippen LogP contribution in [-0.4, -0.2) is 58.6 Å². The molecule has 2 amide bonds. The quantitative estimate of drug-likeness (QED) is 0.630. The summed E-state index contributed by atoms with van der Waals surface area (Å²) < 4.78 is 13.3. The zero-order valence-corrected chi connectivity index (χ0v) is 20.3. The van der Waals surface area contributed by atoms with Gasteiger partial charge in [0.25, 0.3) is 0 Å². The van der Waals surface area contributed by atoms with Crippen LogP contribution in [0.4, 0.5) is 9.18 Å². The SMILES string of the molecule is Cc1cc(C2NNC3CC4NC(=O)N([C@@H]5CCCN(Cc6ccc(F)cc6)C5)CC4CC32)ccn1. The average molecular weight is 479 g/mol. The van der Waals surface area contributed by atoms with Gasteiger partial charge in [-0.05, 0) is 86.4 Å². The molecular weight excluding hydrogens is 443 g/mol. The smallest absolute Gasteiger partial charge is 0.317 e. The number of nitrogens with one attached hydrogen (secondary N) is 3. The van der Waals surface area contributed by atoms with Crippen LogP contribution in [0, 0.1) is 24.6 Å². The first-order chi connectivity index (χ1) is 17.0. The van der Waals surface area contributed by atoms with Crippen molar-refractivity contribution in [3.8, 4) is 0 Å². The molecule has 4 heterocycles. The third-order valence-electron chi connectivity index (χ3n) is 8.54. The first kappa shape index (κ1) is 22.9. The minimum Gasteiger partial charge on any atom is -0.335 e. The third kappa shape index (κ3) is 4.67. The van der Waals surface area contributed by atoms with Gasteiger partial charge in [-0.1, -0.05) is 12.1 Å². The van der Waals surface area contributed by atoms with Gasteiger partial charge in [-0.15, -0.1) is 0 Å². The Morgan fingerprint density at radius 2 is 1.94 bits per heavy atom. The molecule has 1 aromatic carbocycles. The number of fused-ring (bicyclic) bond motifs is 2. The molecule has 2 aromatic rings.